The Bertz CT molecular complexity index is 127. The summed E-state index contributed by atoms with van der Waals surface area (Å²) < 4.78 is 0. The molecule has 0 aliphatic carbocycles. The number of nitrogens with two attached hydrogens (primary N) is 1. The number of rotatable bonds is 0. The number of nitrogens with zero attached hydrogens (tertiary/aromatic N) is 2. The minimum absolute atomic E-state index is 0.170. The van der Waals surface area contributed by atoms with Crippen LogP contribution in [0.1, 0.15) is 12.8 Å². The van der Waals surface area contributed by atoms with E-state index in [-0.39, 0.29) is 5.92 Å². The third kappa shape index (κ3) is 1.67. The molecule has 1 unspecified atom stereocenters. The molecular formula is C6H11N3. The van der Waals surface area contributed by atoms with Crippen molar-refractivity contribution in [3.63, 3.8) is 0 Å². The van der Waals surface area contributed by atoms with Crippen LogP contribution in [0.15, 0.2) is 0 Å². The number of hydrogen-bond donors (Lipinski definition) is 1. The van der Waals surface area contributed by atoms with Gasteiger partial charge in [0.15, 0.2) is 0 Å². The second kappa shape index (κ2) is 2.81. The zero-order valence-electron chi connectivity index (χ0n) is 5.38. The molecule has 1 fully saturated rings. The minimum atomic E-state index is 0.170. The van der Waals surface area contributed by atoms with Gasteiger partial charge in [0.05, 0.1) is 12.0 Å². The van der Waals surface area contributed by atoms with Crippen LogP contribution in [0.3, 0.4) is 0 Å². The van der Waals surface area contributed by atoms with Gasteiger partial charge in [0, 0.05) is 13.1 Å². The zero-order chi connectivity index (χ0) is 6.69. The Balaban J connectivity index is 2.34. The lowest BCUT2D eigenvalue weighted by molar-refractivity contribution is 0.204. The Labute approximate surface area is 55.0 Å². The van der Waals surface area contributed by atoms with Crippen LogP contribution in [0, 0.1) is 17.2 Å². The van der Waals surface area contributed by atoms with Crippen molar-refractivity contribution in [2.75, 3.05) is 13.1 Å². The zero-order valence-corrected chi connectivity index (χ0v) is 5.38. The highest BCUT2D eigenvalue weighted by Crippen LogP contribution is 2.11. The Morgan fingerprint density at radius 2 is 2.44 bits per heavy atom. The molecule has 0 bridgehead atoms. The van der Waals surface area contributed by atoms with E-state index in [1.54, 1.807) is 5.01 Å². The highest BCUT2D eigenvalue weighted by atomic mass is 15.4. The monoisotopic (exact) mass is 125 g/mol. The van der Waals surface area contributed by atoms with Gasteiger partial charge in [0.1, 0.15) is 0 Å². The first-order chi connectivity index (χ1) is 4.33. The second-order valence-electron chi connectivity index (χ2n) is 2.46. The molecule has 1 saturated heterocycles. The minimum Gasteiger partial charge on any atom is -0.269 e. The van der Waals surface area contributed by atoms with Crippen LogP contribution >= 0.6 is 0 Å². The van der Waals surface area contributed by atoms with E-state index in [2.05, 4.69) is 6.07 Å². The smallest absolute Gasteiger partial charge is 0.0669 e. The van der Waals surface area contributed by atoms with Crippen molar-refractivity contribution in [1.29, 1.82) is 5.26 Å². The largest absolute Gasteiger partial charge is 0.269 e. The normalized spacial score (nSPS) is 29.6. The summed E-state index contributed by atoms with van der Waals surface area (Å²) in [5.41, 5.74) is 0. The first-order valence-electron chi connectivity index (χ1n) is 3.22. The fraction of sp³-hybridized carbons (Fsp3) is 0.833. The summed E-state index contributed by atoms with van der Waals surface area (Å²) in [6.45, 7) is 1.69. The number of piperidine rings is 1. The van der Waals surface area contributed by atoms with Crippen LogP contribution in [-0.4, -0.2) is 18.1 Å². The van der Waals surface area contributed by atoms with Crippen LogP contribution in [-0.2, 0) is 0 Å². The topological polar surface area (TPSA) is 53.0 Å². The molecule has 1 heterocycles. The van der Waals surface area contributed by atoms with Crippen LogP contribution in [0.5, 0.6) is 0 Å². The number of hydrazine groups is 1. The first-order valence-corrected chi connectivity index (χ1v) is 3.22. The Kier molecular flexibility index (Phi) is 2.04. The van der Waals surface area contributed by atoms with Crippen molar-refractivity contribution in [3.05, 3.63) is 0 Å². The fourth-order valence-corrected chi connectivity index (χ4v) is 1.11. The quantitative estimate of drug-likeness (QED) is 0.467. The highest BCUT2D eigenvalue weighted by molar-refractivity contribution is 4.86. The fourth-order valence-electron chi connectivity index (χ4n) is 1.11. The summed E-state index contributed by atoms with van der Waals surface area (Å²) in [4.78, 5) is 0. The predicted octanol–water partition coefficient (Wildman–Crippen LogP) is 0.0957. The summed E-state index contributed by atoms with van der Waals surface area (Å²) in [6, 6.07) is 2.21. The maximum atomic E-state index is 8.48. The maximum Gasteiger partial charge on any atom is 0.0669 e. The third-order valence-electron chi connectivity index (χ3n) is 1.64. The Morgan fingerprint density at radius 1 is 1.67 bits per heavy atom. The molecule has 0 radical (unpaired) electrons. The molecule has 0 saturated carbocycles. The molecule has 3 heteroatoms. The van der Waals surface area contributed by atoms with Gasteiger partial charge in [-0.3, -0.25) is 5.84 Å². The van der Waals surface area contributed by atoms with E-state index in [0.29, 0.717) is 0 Å². The molecule has 50 valence electrons. The van der Waals surface area contributed by atoms with Crippen LogP contribution in [0.25, 0.3) is 0 Å². The molecule has 1 atom stereocenters. The SMILES string of the molecule is N#CC1CCCN(N)C1. The van der Waals surface area contributed by atoms with E-state index in [1.807, 2.05) is 0 Å². The van der Waals surface area contributed by atoms with Gasteiger partial charge in [-0.2, -0.15) is 5.26 Å². The first kappa shape index (κ1) is 6.53. The molecule has 0 amide bonds. The Hall–Kier alpha value is -0.590. The summed E-state index contributed by atoms with van der Waals surface area (Å²) in [5.74, 6) is 5.65. The van der Waals surface area contributed by atoms with Crippen molar-refractivity contribution in [2.45, 2.75) is 12.8 Å². The van der Waals surface area contributed by atoms with Gasteiger partial charge in [0.2, 0.25) is 0 Å². The van der Waals surface area contributed by atoms with Crippen LogP contribution < -0.4 is 5.84 Å². The van der Waals surface area contributed by atoms with E-state index in [0.717, 1.165) is 25.9 Å². The average Bonchev–Trinajstić information content (AvgIpc) is 1.88. The molecule has 0 aromatic heterocycles. The molecule has 1 rings (SSSR count). The molecule has 3 nitrogen and oxygen atoms in total. The number of nitriles is 1. The van der Waals surface area contributed by atoms with Crippen LogP contribution in [0.2, 0.25) is 0 Å². The van der Waals surface area contributed by atoms with E-state index in [9.17, 15) is 0 Å². The molecule has 0 aromatic rings. The molecular weight excluding hydrogens is 114 g/mol. The van der Waals surface area contributed by atoms with E-state index >= 15 is 0 Å². The molecule has 2 N–H and O–H groups in total. The summed E-state index contributed by atoms with van der Waals surface area (Å²) >= 11 is 0. The second-order valence-corrected chi connectivity index (χ2v) is 2.46. The lowest BCUT2D eigenvalue weighted by Gasteiger charge is -2.24. The van der Waals surface area contributed by atoms with E-state index in [1.165, 1.54) is 0 Å². The van der Waals surface area contributed by atoms with Crippen LogP contribution in [0.4, 0.5) is 0 Å². The van der Waals surface area contributed by atoms with Gasteiger partial charge in [-0.1, -0.05) is 0 Å². The highest BCUT2D eigenvalue weighted by Gasteiger charge is 2.15. The van der Waals surface area contributed by atoms with Crippen molar-refractivity contribution in [3.8, 4) is 6.07 Å². The van der Waals surface area contributed by atoms with Crippen molar-refractivity contribution >= 4 is 0 Å². The molecule has 0 aromatic carbocycles. The van der Waals surface area contributed by atoms with Gasteiger partial charge in [-0.15, -0.1) is 0 Å². The standard InChI is InChI=1S/C6H11N3/c7-4-6-2-1-3-9(8)5-6/h6H,1-3,5,8H2. The van der Waals surface area contributed by atoms with Gasteiger partial charge < -0.3 is 0 Å². The molecule has 1 aliphatic rings. The predicted molar refractivity (Wildman–Crippen MR) is 34.1 cm³/mol. The molecule has 9 heavy (non-hydrogen) atoms. The molecule has 0 spiro atoms. The van der Waals surface area contributed by atoms with Crippen molar-refractivity contribution in [1.82, 2.24) is 5.01 Å². The van der Waals surface area contributed by atoms with Gasteiger partial charge >= 0.3 is 0 Å². The van der Waals surface area contributed by atoms with Gasteiger partial charge in [-0.05, 0) is 12.8 Å². The third-order valence-corrected chi connectivity index (χ3v) is 1.64. The Morgan fingerprint density at radius 3 is 2.89 bits per heavy atom. The summed E-state index contributed by atoms with van der Waals surface area (Å²) in [7, 11) is 0. The summed E-state index contributed by atoms with van der Waals surface area (Å²) in [6.07, 6.45) is 2.08. The van der Waals surface area contributed by atoms with Gasteiger partial charge in [-0.25, -0.2) is 5.01 Å². The summed E-state index contributed by atoms with van der Waals surface area (Å²) in [5, 5.41) is 10.2. The van der Waals surface area contributed by atoms with E-state index in [4.69, 9.17) is 11.1 Å². The lowest BCUT2D eigenvalue weighted by Crippen LogP contribution is -2.39. The van der Waals surface area contributed by atoms with Gasteiger partial charge in [0.25, 0.3) is 0 Å². The van der Waals surface area contributed by atoms with E-state index < -0.39 is 0 Å². The lowest BCUT2D eigenvalue weighted by atomic mass is 10.0. The number of hydrogen-bond acceptors (Lipinski definition) is 3. The maximum absolute atomic E-state index is 8.48. The molecule has 1 aliphatic heterocycles. The van der Waals surface area contributed by atoms with Crippen molar-refractivity contribution in [2.24, 2.45) is 11.8 Å². The van der Waals surface area contributed by atoms with Crippen molar-refractivity contribution < 1.29 is 0 Å². The average molecular weight is 125 g/mol.